The van der Waals surface area contributed by atoms with Gasteiger partial charge in [-0.25, -0.2) is 0 Å². The van der Waals surface area contributed by atoms with E-state index in [4.69, 9.17) is 4.74 Å². The number of rotatable bonds is 2. The topological polar surface area (TPSA) is 25.4 Å². The van der Waals surface area contributed by atoms with E-state index >= 15 is 0 Å². The lowest BCUT2D eigenvalue weighted by atomic mass is 10.1. The molecule has 2 heteroatoms. The molecule has 1 fully saturated rings. The molecule has 1 aromatic heterocycles. The molecule has 0 spiro atoms. The van der Waals surface area contributed by atoms with Crippen molar-refractivity contribution in [3.63, 3.8) is 0 Å². The lowest BCUT2D eigenvalue weighted by Gasteiger charge is -2.02. The van der Waals surface area contributed by atoms with Crippen molar-refractivity contribution in [3.8, 4) is 0 Å². The minimum atomic E-state index is 0.312. The van der Waals surface area contributed by atoms with Gasteiger partial charge in [0.25, 0.3) is 0 Å². The van der Waals surface area contributed by atoms with Crippen LogP contribution in [0.1, 0.15) is 30.8 Å². The van der Waals surface area contributed by atoms with Gasteiger partial charge in [0.1, 0.15) is 6.10 Å². The fourth-order valence-corrected chi connectivity index (χ4v) is 1.75. The van der Waals surface area contributed by atoms with E-state index in [1.54, 1.807) is 0 Å². The lowest BCUT2D eigenvalue weighted by molar-refractivity contribution is 0.395. The minimum Gasteiger partial charge on any atom is -0.365 e. The second kappa shape index (κ2) is 3.78. The van der Waals surface area contributed by atoms with Crippen LogP contribution in [0.5, 0.6) is 0 Å². The minimum absolute atomic E-state index is 0.312. The average Bonchev–Trinajstić information content (AvgIpc) is 2.89. The normalized spacial score (nSPS) is 25.5. The fourth-order valence-electron chi connectivity index (χ4n) is 1.75. The molecule has 1 aliphatic rings. The zero-order valence-electron chi connectivity index (χ0n) is 9.74. The molecule has 0 amide bonds. The molecule has 0 aliphatic carbocycles. The van der Waals surface area contributed by atoms with Crippen LogP contribution in [-0.2, 0) is 4.74 Å². The molecule has 0 aromatic carbocycles. The van der Waals surface area contributed by atoms with Gasteiger partial charge < -0.3 is 4.74 Å². The smallest absolute Gasteiger partial charge is 0.105 e. The summed E-state index contributed by atoms with van der Waals surface area (Å²) in [5, 5.41) is 0. The van der Waals surface area contributed by atoms with Crippen LogP contribution in [0.25, 0.3) is 6.08 Å². The van der Waals surface area contributed by atoms with Crippen LogP contribution < -0.4 is 0 Å². The molecule has 15 heavy (non-hydrogen) atoms. The standard InChI is InChI=1S/C13H17NO/c1-8-5-6-10(3)14-12(8)7-9(2)13-11(4)15-13/h5-7,11,13H,1-4H3/b9-7+/t11-,13?/m0/s1. The number of ether oxygens (including phenoxy) is 1. The third-order valence-electron chi connectivity index (χ3n) is 2.80. The van der Waals surface area contributed by atoms with Crippen LogP contribution in [0, 0.1) is 13.8 Å². The number of aryl methyl sites for hydroxylation is 2. The Labute approximate surface area is 91.0 Å². The van der Waals surface area contributed by atoms with E-state index in [1.165, 1.54) is 11.1 Å². The van der Waals surface area contributed by atoms with Crippen molar-refractivity contribution in [1.29, 1.82) is 0 Å². The van der Waals surface area contributed by atoms with Gasteiger partial charge >= 0.3 is 0 Å². The summed E-state index contributed by atoms with van der Waals surface area (Å²) >= 11 is 0. The summed E-state index contributed by atoms with van der Waals surface area (Å²) in [7, 11) is 0. The maximum absolute atomic E-state index is 5.42. The van der Waals surface area contributed by atoms with E-state index in [-0.39, 0.29) is 0 Å². The van der Waals surface area contributed by atoms with Gasteiger partial charge in [-0.15, -0.1) is 0 Å². The number of hydrogen-bond acceptors (Lipinski definition) is 2. The van der Waals surface area contributed by atoms with E-state index in [1.807, 2.05) is 13.0 Å². The lowest BCUT2D eigenvalue weighted by Crippen LogP contribution is -1.95. The Bertz CT molecular complexity index is 409. The first-order chi connectivity index (χ1) is 7.08. The monoisotopic (exact) mass is 203 g/mol. The van der Waals surface area contributed by atoms with Crippen molar-refractivity contribution in [3.05, 3.63) is 34.7 Å². The molecule has 1 saturated heterocycles. The third kappa shape index (κ3) is 2.26. The Balaban J connectivity index is 2.26. The highest BCUT2D eigenvalue weighted by molar-refractivity contribution is 5.54. The average molecular weight is 203 g/mol. The van der Waals surface area contributed by atoms with Gasteiger partial charge in [-0.1, -0.05) is 6.07 Å². The summed E-state index contributed by atoms with van der Waals surface area (Å²) in [4.78, 5) is 4.52. The maximum atomic E-state index is 5.42. The largest absolute Gasteiger partial charge is 0.365 e. The zero-order chi connectivity index (χ0) is 11.0. The number of hydrogen-bond donors (Lipinski definition) is 0. The van der Waals surface area contributed by atoms with Crippen LogP contribution in [-0.4, -0.2) is 17.2 Å². The van der Waals surface area contributed by atoms with E-state index in [0.717, 1.165) is 11.4 Å². The van der Waals surface area contributed by atoms with Crippen molar-refractivity contribution in [2.24, 2.45) is 0 Å². The van der Waals surface area contributed by atoms with Gasteiger partial charge in [0, 0.05) is 5.69 Å². The molecule has 2 heterocycles. The van der Waals surface area contributed by atoms with E-state index in [0.29, 0.717) is 12.2 Å². The Morgan fingerprint density at radius 1 is 1.40 bits per heavy atom. The summed E-state index contributed by atoms with van der Waals surface area (Å²) in [6.45, 7) is 8.31. The van der Waals surface area contributed by atoms with Gasteiger partial charge in [0.2, 0.25) is 0 Å². The second-order valence-corrected chi connectivity index (χ2v) is 4.30. The molecular weight excluding hydrogens is 186 g/mol. The van der Waals surface area contributed by atoms with Gasteiger partial charge in [-0.05, 0) is 51.0 Å². The second-order valence-electron chi connectivity index (χ2n) is 4.30. The molecule has 1 unspecified atom stereocenters. The van der Waals surface area contributed by atoms with Crippen LogP contribution in [0.2, 0.25) is 0 Å². The highest BCUT2D eigenvalue weighted by Gasteiger charge is 2.35. The molecule has 0 saturated carbocycles. The van der Waals surface area contributed by atoms with Crippen molar-refractivity contribution in [2.45, 2.75) is 39.9 Å². The molecule has 0 radical (unpaired) electrons. The predicted octanol–water partition coefficient (Wildman–Crippen LogP) is 2.89. The van der Waals surface area contributed by atoms with Crippen LogP contribution in [0.4, 0.5) is 0 Å². The molecule has 2 rings (SSSR count). The molecule has 1 aliphatic heterocycles. The summed E-state index contributed by atoms with van der Waals surface area (Å²) in [5.41, 5.74) is 4.61. The van der Waals surface area contributed by atoms with Crippen LogP contribution >= 0.6 is 0 Å². The molecule has 0 bridgehead atoms. The molecular formula is C13H17NO. The number of aromatic nitrogens is 1. The maximum Gasteiger partial charge on any atom is 0.105 e. The SMILES string of the molecule is C/C(=C\c1nc(C)ccc1C)C1O[C@H]1C. The number of pyridine rings is 1. The van der Waals surface area contributed by atoms with Gasteiger partial charge in [0.05, 0.1) is 11.8 Å². The first-order valence-corrected chi connectivity index (χ1v) is 5.36. The first-order valence-electron chi connectivity index (χ1n) is 5.36. The molecule has 1 aromatic rings. The summed E-state index contributed by atoms with van der Waals surface area (Å²) in [6, 6.07) is 4.15. The Hall–Kier alpha value is -1.15. The van der Waals surface area contributed by atoms with Crippen LogP contribution in [0.3, 0.4) is 0 Å². The van der Waals surface area contributed by atoms with Crippen LogP contribution in [0.15, 0.2) is 17.7 Å². The summed E-state index contributed by atoms with van der Waals surface area (Å²) in [6.07, 6.45) is 2.83. The predicted molar refractivity (Wildman–Crippen MR) is 61.7 cm³/mol. The van der Waals surface area contributed by atoms with Gasteiger partial charge in [0.15, 0.2) is 0 Å². The number of nitrogens with zero attached hydrogens (tertiary/aromatic N) is 1. The molecule has 80 valence electrons. The van der Waals surface area contributed by atoms with Crippen molar-refractivity contribution >= 4 is 6.08 Å². The van der Waals surface area contributed by atoms with Gasteiger partial charge in [-0.2, -0.15) is 0 Å². The zero-order valence-corrected chi connectivity index (χ0v) is 9.74. The van der Waals surface area contributed by atoms with Crippen molar-refractivity contribution < 1.29 is 4.74 Å². The third-order valence-corrected chi connectivity index (χ3v) is 2.80. The van der Waals surface area contributed by atoms with E-state index < -0.39 is 0 Å². The Kier molecular flexibility index (Phi) is 2.61. The summed E-state index contributed by atoms with van der Waals surface area (Å²) in [5.74, 6) is 0. The quantitative estimate of drug-likeness (QED) is 0.690. The Morgan fingerprint density at radius 3 is 2.67 bits per heavy atom. The Morgan fingerprint density at radius 2 is 2.07 bits per heavy atom. The molecule has 2 atom stereocenters. The van der Waals surface area contributed by atoms with Crippen molar-refractivity contribution in [1.82, 2.24) is 4.98 Å². The van der Waals surface area contributed by atoms with E-state index in [9.17, 15) is 0 Å². The number of epoxide rings is 1. The highest BCUT2D eigenvalue weighted by atomic mass is 16.6. The molecule has 0 N–H and O–H groups in total. The van der Waals surface area contributed by atoms with Crippen molar-refractivity contribution in [2.75, 3.05) is 0 Å². The molecule has 2 nitrogen and oxygen atoms in total. The first kappa shape index (κ1) is 10.4. The highest BCUT2D eigenvalue weighted by Crippen LogP contribution is 2.29. The van der Waals surface area contributed by atoms with E-state index in [2.05, 4.69) is 37.9 Å². The fraction of sp³-hybridized carbons (Fsp3) is 0.462. The summed E-state index contributed by atoms with van der Waals surface area (Å²) < 4.78 is 5.42. The van der Waals surface area contributed by atoms with Gasteiger partial charge in [-0.3, -0.25) is 4.98 Å².